The van der Waals surface area contributed by atoms with E-state index >= 15 is 0 Å². The van der Waals surface area contributed by atoms with E-state index in [-0.39, 0.29) is 12.5 Å². The molecule has 0 atom stereocenters. The summed E-state index contributed by atoms with van der Waals surface area (Å²) < 4.78 is 13.2. The zero-order valence-corrected chi connectivity index (χ0v) is 16.9. The van der Waals surface area contributed by atoms with Crippen molar-refractivity contribution >= 4 is 29.4 Å². The summed E-state index contributed by atoms with van der Waals surface area (Å²) in [5, 5.41) is 11.6. The SMILES string of the molecule is CCOc1cccc2c1OCC(C(=O)Nc1ccc(Sc3nncn3C)cc1)=C2. The van der Waals surface area contributed by atoms with E-state index in [1.165, 1.54) is 11.8 Å². The lowest BCUT2D eigenvalue weighted by Crippen LogP contribution is -2.21. The highest BCUT2D eigenvalue weighted by Crippen LogP contribution is 2.36. The molecular weight excluding hydrogens is 388 g/mol. The van der Waals surface area contributed by atoms with Crippen LogP contribution in [-0.4, -0.2) is 33.9 Å². The Morgan fingerprint density at radius 3 is 2.83 bits per heavy atom. The van der Waals surface area contributed by atoms with Crippen molar-refractivity contribution in [1.29, 1.82) is 0 Å². The molecule has 148 valence electrons. The highest BCUT2D eigenvalue weighted by atomic mass is 32.2. The van der Waals surface area contributed by atoms with E-state index in [4.69, 9.17) is 9.47 Å². The van der Waals surface area contributed by atoms with Crippen LogP contribution in [0.4, 0.5) is 5.69 Å². The van der Waals surface area contributed by atoms with Crippen LogP contribution in [0, 0.1) is 0 Å². The summed E-state index contributed by atoms with van der Waals surface area (Å²) >= 11 is 1.51. The van der Waals surface area contributed by atoms with Gasteiger partial charge in [-0.3, -0.25) is 4.79 Å². The second-order valence-corrected chi connectivity index (χ2v) is 7.41. The molecule has 8 heteroatoms. The molecule has 2 heterocycles. The number of rotatable bonds is 6. The number of aryl methyl sites for hydroxylation is 1. The van der Waals surface area contributed by atoms with Gasteiger partial charge in [0.05, 0.1) is 12.2 Å². The van der Waals surface area contributed by atoms with E-state index in [1.807, 2.05) is 67.1 Å². The zero-order valence-electron chi connectivity index (χ0n) is 16.1. The molecule has 0 saturated heterocycles. The lowest BCUT2D eigenvalue weighted by atomic mass is 10.1. The van der Waals surface area contributed by atoms with Gasteiger partial charge in [-0.25, -0.2) is 0 Å². The maximum Gasteiger partial charge on any atom is 0.255 e. The lowest BCUT2D eigenvalue weighted by Gasteiger charge is -2.20. The second kappa shape index (κ2) is 8.40. The minimum absolute atomic E-state index is 0.189. The maximum atomic E-state index is 12.7. The predicted molar refractivity (Wildman–Crippen MR) is 111 cm³/mol. The molecule has 3 aromatic rings. The van der Waals surface area contributed by atoms with Crippen LogP contribution in [0.15, 0.2) is 64.4 Å². The Balaban J connectivity index is 1.44. The summed E-state index contributed by atoms with van der Waals surface area (Å²) in [5.74, 6) is 1.18. The fourth-order valence-electron chi connectivity index (χ4n) is 2.87. The number of para-hydroxylation sites is 1. The number of nitrogens with zero attached hydrogens (tertiary/aromatic N) is 3. The van der Waals surface area contributed by atoms with Crippen molar-refractivity contribution in [1.82, 2.24) is 14.8 Å². The van der Waals surface area contributed by atoms with E-state index < -0.39 is 0 Å². The van der Waals surface area contributed by atoms with Crippen molar-refractivity contribution in [3.05, 3.63) is 59.9 Å². The molecule has 0 saturated carbocycles. The summed E-state index contributed by atoms with van der Waals surface area (Å²) in [5.41, 5.74) is 2.11. The molecular formula is C21H20N4O3S. The number of ether oxygens (including phenoxy) is 2. The Morgan fingerprint density at radius 1 is 1.28 bits per heavy atom. The molecule has 7 nitrogen and oxygen atoms in total. The molecule has 1 N–H and O–H groups in total. The van der Waals surface area contributed by atoms with Crippen LogP contribution in [0.25, 0.3) is 6.08 Å². The van der Waals surface area contributed by atoms with E-state index in [9.17, 15) is 4.79 Å². The molecule has 0 aliphatic carbocycles. The van der Waals surface area contributed by atoms with Gasteiger partial charge in [0.15, 0.2) is 16.7 Å². The fourth-order valence-corrected chi connectivity index (χ4v) is 3.63. The molecule has 1 aliphatic rings. The summed E-state index contributed by atoms with van der Waals surface area (Å²) in [7, 11) is 1.90. The largest absolute Gasteiger partial charge is 0.490 e. The maximum absolute atomic E-state index is 12.7. The van der Waals surface area contributed by atoms with Gasteiger partial charge in [0.25, 0.3) is 5.91 Å². The molecule has 1 aromatic heterocycles. The average molecular weight is 408 g/mol. The Morgan fingerprint density at radius 2 is 2.10 bits per heavy atom. The summed E-state index contributed by atoms with van der Waals surface area (Å²) in [6, 6.07) is 13.3. The standard InChI is InChI=1S/C21H20N4O3S/c1-3-27-18-6-4-5-14-11-15(12-28-19(14)18)20(26)23-16-7-9-17(10-8-16)29-21-24-22-13-25(21)2/h4-11,13H,3,12H2,1-2H3,(H,23,26). The van der Waals surface area contributed by atoms with Crippen LogP contribution in [0.1, 0.15) is 12.5 Å². The topological polar surface area (TPSA) is 78.3 Å². The van der Waals surface area contributed by atoms with Gasteiger partial charge in [-0.1, -0.05) is 12.1 Å². The summed E-state index contributed by atoms with van der Waals surface area (Å²) in [6.45, 7) is 2.68. The van der Waals surface area contributed by atoms with Crippen LogP contribution in [0.2, 0.25) is 0 Å². The normalized spacial score (nSPS) is 12.6. The predicted octanol–water partition coefficient (Wildman–Crippen LogP) is 3.78. The minimum Gasteiger partial charge on any atom is -0.490 e. The fraction of sp³-hybridized carbons (Fsp3) is 0.190. The second-order valence-electron chi connectivity index (χ2n) is 6.37. The van der Waals surface area contributed by atoms with Crippen LogP contribution >= 0.6 is 11.8 Å². The molecule has 1 amide bonds. The number of fused-ring (bicyclic) bond motifs is 1. The molecule has 0 radical (unpaired) electrons. The zero-order chi connectivity index (χ0) is 20.2. The van der Waals surface area contributed by atoms with Gasteiger partial charge in [0, 0.05) is 23.2 Å². The van der Waals surface area contributed by atoms with Gasteiger partial charge in [0.2, 0.25) is 0 Å². The number of nitrogens with one attached hydrogen (secondary N) is 1. The van der Waals surface area contributed by atoms with Gasteiger partial charge in [-0.15, -0.1) is 10.2 Å². The van der Waals surface area contributed by atoms with E-state index in [0.717, 1.165) is 15.6 Å². The smallest absolute Gasteiger partial charge is 0.255 e. The monoisotopic (exact) mass is 408 g/mol. The van der Waals surface area contributed by atoms with Crippen LogP contribution < -0.4 is 14.8 Å². The Bertz CT molecular complexity index is 1060. The van der Waals surface area contributed by atoms with Gasteiger partial charge >= 0.3 is 0 Å². The first-order chi connectivity index (χ1) is 14.1. The Kier molecular flexibility index (Phi) is 5.53. The van der Waals surface area contributed by atoms with Gasteiger partial charge in [-0.2, -0.15) is 0 Å². The number of anilines is 1. The molecule has 0 bridgehead atoms. The highest BCUT2D eigenvalue weighted by molar-refractivity contribution is 7.99. The molecule has 0 fully saturated rings. The van der Waals surface area contributed by atoms with Crippen LogP contribution in [0.3, 0.4) is 0 Å². The molecule has 1 aliphatic heterocycles. The number of carbonyl (C=O) groups is 1. The first kappa shape index (κ1) is 19.1. The van der Waals surface area contributed by atoms with Gasteiger partial charge in [-0.05, 0) is 55.1 Å². The summed E-state index contributed by atoms with van der Waals surface area (Å²) in [4.78, 5) is 13.7. The molecule has 2 aromatic carbocycles. The molecule has 4 rings (SSSR count). The number of hydrogen-bond donors (Lipinski definition) is 1. The number of amides is 1. The third-order valence-electron chi connectivity index (χ3n) is 4.29. The first-order valence-electron chi connectivity index (χ1n) is 9.16. The van der Waals surface area contributed by atoms with Crippen molar-refractivity contribution in [2.75, 3.05) is 18.5 Å². The Hall–Kier alpha value is -3.26. The van der Waals surface area contributed by atoms with Crippen molar-refractivity contribution in [2.45, 2.75) is 17.0 Å². The lowest BCUT2D eigenvalue weighted by molar-refractivity contribution is -0.113. The van der Waals surface area contributed by atoms with Crippen molar-refractivity contribution < 1.29 is 14.3 Å². The molecule has 0 spiro atoms. The van der Waals surface area contributed by atoms with Crippen LogP contribution in [-0.2, 0) is 11.8 Å². The first-order valence-corrected chi connectivity index (χ1v) is 9.98. The molecule has 0 unspecified atom stereocenters. The van der Waals surface area contributed by atoms with Crippen molar-refractivity contribution in [3.63, 3.8) is 0 Å². The number of benzene rings is 2. The van der Waals surface area contributed by atoms with E-state index in [0.29, 0.717) is 29.4 Å². The molecule has 29 heavy (non-hydrogen) atoms. The van der Waals surface area contributed by atoms with Gasteiger partial charge < -0.3 is 19.4 Å². The number of hydrogen-bond acceptors (Lipinski definition) is 6. The average Bonchev–Trinajstić information content (AvgIpc) is 3.14. The third kappa shape index (κ3) is 4.27. The highest BCUT2D eigenvalue weighted by Gasteiger charge is 2.20. The van der Waals surface area contributed by atoms with Gasteiger partial charge in [0.1, 0.15) is 12.9 Å². The van der Waals surface area contributed by atoms with Crippen molar-refractivity contribution in [3.8, 4) is 11.5 Å². The quantitative estimate of drug-likeness (QED) is 0.669. The number of aromatic nitrogens is 3. The summed E-state index contributed by atoms with van der Waals surface area (Å²) in [6.07, 6.45) is 3.50. The number of carbonyl (C=O) groups excluding carboxylic acids is 1. The Labute approximate surface area is 172 Å². The van der Waals surface area contributed by atoms with E-state index in [1.54, 1.807) is 6.33 Å². The third-order valence-corrected chi connectivity index (χ3v) is 5.35. The van der Waals surface area contributed by atoms with Crippen LogP contribution in [0.5, 0.6) is 11.5 Å². The van der Waals surface area contributed by atoms with Crippen molar-refractivity contribution in [2.24, 2.45) is 7.05 Å². The minimum atomic E-state index is -0.189. The van der Waals surface area contributed by atoms with E-state index in [2.05, 4.69) is 15.5 Å².